The van der Waals surface area contributed by atoms with E-state index in [2.05, 4.69) is 6.58 Å². The van der Waals surface area contributed by atoms with E-state index in [-0.39, 0.29) is 0 Å². The fraction of sp³-hybridized carbons (Fsp3) is 0.364. The number of carboxylic acid groups (broad SMARTS) is 1. The van der Waals surface area contributed by atoms with Gasteiger partial charge in [0.2, 0.25) is 0 Å². The van der Waals surface area contributed by atoms with Crippen molar-refractivity contribution in [1.29, 1.82) is 0 Å². The first kappa shape index (κ1) is 11.0. The molecule has 14 heavy (non-hydrogen) atoms. The fourth-order valence-electron chi connectivity index (χ4n) is 1.14. The second-order valence-corrected chi connectivity index (χ2v) is 4.34. The van der Waals surface area contributed by atoms with Gasteiger partial charge in [0.15, 0.2) is 0 Å². The van der Waals surface area contributed by atoms with Crippen molar-refractivity contribution in [3.05, 3.63) is 35.0 Å². The summed E-state index contributed by atoms with van der Waals surface area (Å²) < 4.78 is 0. The minimum atomic E-state index is -0.804. The molecule has 1 aromatic rings. The first-order valence-corrected chi connectivity index (χ1v) is 5.41. The third-order valence-electron chi connectivity index (χ3n) is 2.45. The maximum atomic E-state index is 10.9. The van der Waals surface area contributed by atoms with Crippen molar-refractivity contribution in [2.45, 2.75) is 19.8 Å². The number of rotatable bonds is 5. The Balaban J connectivity index is 2.58. The number of carboxylic acids is 1. The van der Waals surface area contributed by atoms with Crippen molar-refractivity contribution >= 4 is 17.3 Å². The molecule has 1 N–H and O–H groups in total. The quantitative estimate of drug-likeness (QED) is 0.759. The maximum absolute atomic E-state index is 10.9. The number of hydrogen-bond donors (Lipinski definition) is 1. The number of aryl methyl sites for hydroxylation is 1. The van der Waals surface area contributed by atoms with E-state index in [0.29, 0.717) is 6.42 Å². The van der Waals surface area contributed by atoms with Crippen LogP contribution >= 0.6 is 11.3 Å². The van der Waals surface area contributed by atoms with Crippen molar-refractivity contribution < 1.29 is 9.90 Å². The van der Waals surface area contributed by atoms with E-state index in [0.717, 1.165) is 6.42 Å². The van der Waals surface area contributed by atoms with Crippen LogP contribution in [-0.2, 0) is 11.2 Å². The summed E-state index contributed by atoms with van der Waals surface area (Å²) in [6, 6.07) is 2.02. The molecule has 76 valence electrons. The van der Waals surface area contributed by atoms with Gasteiger partial charge >= 0.3 is 5.97 Å². The minimum absolute atomic E-state index is 0.600. The largest absolute Gasteiger partial charge is 0.481 e. The second kappa shape index (κ2) is 4.42. The lowest BCUT2D eigenvalue weighted by atomic mass is 9.85. The second-order valence-electron chi connectivity index (χ2n) is 3.56. The Hall–Kier alpha value is -1.09. The Labute approximate surface area is 87.9 Å². The summed E-state index contributed by atoms with van der Waals surface area (Å²) in [6.45, 7) is 5.28. The highest BCUT2D eigenvalue weighted by atomic mass is 32.1. The van der Waals surface area contributed by atoms with E-state index in [4.69, 9.17) is 5.11 Å². The van der Waals surface area contributed by atoms with Gasteiger partial charge in [-0.3, -0.25) is 4.79 Å². The van der Waals surface area contributed by atoms with E-state index >= 15 is 0 Å². The highest BCUT2D eigenvalue weighted by molar-refractivity contribution is 7.07. The Kier molecular flexibility index (Phi) is 3.47. The molecule has 3 heteroatoms. The molecule has 0 amide bonds. The van der Waals surface area contributed by atoms with Crippen LogP contribution in [0.4, 0.5) is 0 Å². The third-order valence-corrected chi connectivity index (χ3v) is 3.18. The lowest BCUT2D eigenvalue weighted by Gasteiger charge is -2.19. The lowest BCUT2D eigenvalue weighted by Crippen LogP contribution is -2.25. The van der Waals surface area contributed by atoms with Crippen LogP contribution in [-0.4, -0.2) is 11.1 Å². The zero-order valence-electron chi connectivity index (χ0n) is 8.19. The molecule has 0 bridgehead atoms. The van der Waals surface area contributed by atoms with Gasteiger partial charge in [0.05, 0.1) is 5.41 Å². The molecule has 0 saturated carbocycles. The van der Waals surface area contributed by atoms with Gasteiger partial charge in [-0.1, -0.05) is 6.08 Å². The van der Waals surface area contributed by atoms with Gasteiger partial charge in [-0.05, 0) is 42.2 Å². The molecule has 1 atom stereocenters. The monoisotopic (exact) mass is 210 g/mol. The van der Waals surface area contributed by atoms with Gasteiger partial charge in [-0.2, -0.15) is 11.3 Å². The maximum Gasteiger partial charge on any atom is 0.313 e. The molecular weight excluding hydrogens is 196 g/mol. The van der Waals surface area contributed by atoms with E-state index < -0.39 is 11.4 Å². The molecule has 0 aliphatic heterocycles. The Bertz CT molecular complexity index is 316. The molecule has 0 aliphatic carbocycles. The molecule has 0 spiro atoms. The first-order chi connectivity index (χ1) is 6.58. The smallest absolute Gasteiger partial charge is 0.313 e. The first-order valence-electron chi connectivity index (χ1n) is 4.46. The fourth-order valence-corrected chi connectivity index (χ4v) is 1.84. The van der Waals surface area contributed by atoms with Gasteiger partial charge < -0.3 is 5.11 Å². The normalized spacial score (nSPS) is 14.6. The van der Waals surface area contributed by atoms with Crippen LogP contribution < -0.4 is 0 Å². The summed E-state index contributed by atoms with van der Waals surface area (Å²) in [5, 5.41) is 13.0. The number of aliphatic carboxylic acids is 1. The standard InChI is InChI=1S/C11H14O2S/c1-3-11(2,10(12)13)6-4-9-5-7-14-8-9/h3,5,7-8H,1,4,6H2,2H3,(H,12,13). The van der Waals surface area contributed by atoms with Crippen LogP contribution in [0.3, 0.4) is 0 Å². The van der Waals surface area contributed by atoms with Crippen LogP contribution in [0.25, 0.3) is 0 Å². The number of carbonyl (C=O) groups is 1. The SMILES string of the molecule is C=CC(C)(CCc1ccsc1)C(=O)O. The molecule has 1 rings (SSSR count). The summed E-state index contributed by atoms with van der Waals surface area (Å²) in [7, 11) is 0. The van der Waals surface area contributed by atoms with Gasteiger partial charge in [0.25, 0.3) is 0 Å². The number of thiophene rings is 1. The summed E-state index contributed by atoms with van der Waals surface area (Å²) in [6.07, 6.45) is 2.91. The van der Waals surface area contributed by atoms with Crippen LogP contribution in [0.5, 0.6) is 0 Å². The molecule has 0 radical (unpaired) electrons. The summed E-state index contributed by atoms with van der Waals surface area (Å²) in [5.41, 5.74) is 0.395. The van der Waals surface area contributed by atoms with Gasteiger partial charge in [-0.25, -0.2) is 0 Å². The molecular formula is C11H14O2S. The molecule has 0 fully saturated rings. The lowest BCUT2D eigenvalue weighted by molar-refractivity contribution is -0.145. The van der Waals surface area contributed by atoms with Crippen molar-refractivity contribution in [3.8, 4) is 0 Å². The summed E-state index contributed by atoms with van der Waals surface area (Å²) >= 11 is 1.63. The molecule has 1 heterocycles. The van der Waals surface area contributed by atoms with E-state index in [1.54, 1.807) is 18.3 Å². The van der Waals surface area contributed by atoms with Crippen LogP contribution in [0.15, 0.2) is 29.5 Å². The molecule has 2 nitrogen and oxygen atoms in total. The molecule has 1 aromatic heterocycles. The molecule has 1 unspecified atom stereocenters. The van der Waals surface area contributed by atoms with E-state index in [1.807, 2.05) is 16.8 Å². The van der Waals surface area contributed by atoms with Gasteiger partial charge in [-0.15, -0.1) is 6.58 Å². The van der Waals surface area contributed by atoms with E-state index in [9.17, 15) is 4.79 Å². The van der Waals surface area contributed by atoms with Gasteiger partial charge in [0.1, 0.15) is 0 Å². The summed E-state index contributed by atoms with van der Waals surface area (Å²) in [4.78, 5) is 10.9. The number of hydrogen-bond acceptors (Lipinski definition) is 2. The predicted molar refractivity (Wildman–Crippen MR) is 58.6 cm³/mol. The predicted octanol–water partition coefficient (Wildman–Crippen LogP) is 2.96. The Morgan fingerprint density at radius 1 is 1.79 bits per heavy atom. The summed E-state index contributed by atoms with van der Waals surface area (Å²) in [5.74, 6) is -0.803. The third kappa shape index (κ3) is 2.45. The van der Waals surface area contributed by atoms with Crippen molar-refractivity contribution in [1.82, 2.24) is 0 Å². The van der Waals surface area contributed by atoms with Gasteiger partial charge in [0, 0.05) is 0 Å². The van der Waals surface area contributed by atoms with Crippen molar-refractivity contribution in [2.24, 2.45) is 5.41 Å². The molecule has 0 aliphatic rings. The minimum Gasteiger partial charge on any atom is -0.481 e. The Morgan fingerprint density at radius 3 is 2.93 bits per heavy atom. The van der Waals surface area contributed by atoms with Crippen LogP contribution in [0.1, 0.15) is 18.9 Å². The van der Waals surface area contributed by atoms with Crippen molar-refractivity contribution in [3.63, 3.8) is 0 Å². The van der Waals surface area contributed by atoms with E-state index in [1.165, 1.54) is 11.6 Å². The molecule has 0 aromatic carbocycles. The zero-order valence-corrected chi connectivity index (χ0v) is 9.01. The Morgan fingerprint density at radius 2 is 2.50 bits per heavy atom. The average Bonchev–Trinajstić information content (AvgIpc) is 2.66. The highest BCUT2D eigenvalue weighted by Gasteiger charge is 2.28. The molecule has 0 saturated heterocycles. The van der Waals surface area contributed by atoms with Crippen LogP contribution in [0, 0.1) is 5.41 Å². The average molecular weight is 210 g/mol. The topological polar surface area (TPSA) is 37.3 Å². The van der Waals surface area contributed by atoms with Crippen molar-refractivity contribution in [2.75, 3.05) is 0 Å². The zero-order chi connectivity index (χ0) is 10.6. The van der Waals surface area contributed by atoms with Crippen LogP contribution in [0.2, 0.25) is 0 Å². The highest BCUT2D eigenvalue weighted by Crippen LogP contribution is 2.25.